The molecule has 0 aliphatic rings. The molecule has 1 N–H and O–H groups in total. The summed E-state index contributed by atoms with van der Waals surface area (Å²) in [6.45, 7) is 0. The van der Waals surface area contributed by atoms with E-state index in [1.54, 1.807) is 0 Å². The smallest absolute Gasteiger partial charge is 0.265 e. The van der Waals surface area contributed by atoms with Crippen LogP contribution in [-0.4, -0.2) is 5.91 Å². The van der Waals surface area contributed by atoms with Crippen molar-refractivity contribution in [1.82, 2.24) is 0 Å². The second-order valence-corrected chi connectivity index (χ2v) is 6.75. The van der Waals surface area contributed by atoms with Gasteiger partial charge in [0, 0.05) is 10.5 Å². The fraction of sp³-hybridized carbons (Fsp3) is 0. The summed E-state index contributed by atoms with van der Waals surface area (Å²) >= 11 is 7.27. The quantitative estimate of drug-likeness (QED) is 0.520. The highest BCUT2D eigenvalue weighted by Gasteiger charge is 2.22. The number of nitrogens with one attached hydrogen (secondary N) is 1. The van der Waals surface area contributed by atoms with Crippen molar-refractivity contribution in [1.29, 1.82) is 0 Å². The predicted octanol–water partition coefficient (Wildman–Crippen LogP) is 5.08. The van der Waals surface area contributed by atoms with E-state index in [-0.39, 0.29) is 10.9 Å². The van der Waals surface area contributed by atoms with E-state index in [0.717, 1.165) is 11.3 Å². The molecule has 0 spiro atoms. The molecule has 9 heteroatoms. The van der Waals surface area contributed by atoms with Crippen molar-refractivity contribution in [2.24, 2.45) is 0 Å². The summed E-state index contributed by atoms with van der Waals surface area (Å²) in [5.74, 6) is -7.39. The van der Waals surface area contributed by atoms with E-state index in [9.17, 15) is 22.4 Å². The average Bonchev–Trinajstić information content (AvgIpc) is 2.72. The van der Waals surface area contributed by atoms with Gasteiger partial charge in [-0.1, -0.05) is 0 Å². The standard InChI is InChI=1S/C11H3Br2F4NOS/c12-3-1-6(20-10(3)13)11(19)18-9-7(16)4(14)2-5(15)8(9)17/h1-2H,(H,18,19). The number of benzene rings is 1. The Morgan fingerprint density at radius 1 is 1.05 bits per heavy atom. The van der Waals surface area contributed by atoms with Gasteiger partial charge < -0.3 is 5.32 Å². The lowest BCUT2D eigenvalue weighted by molar-refractivity contribution is 0.102. The molecule has 0 saturated carbocycles. The molecule has 0 atom stereocenters. The molecule has 1 amide bonds. The van der Waals surface area contributed by atoms with Crippen LogP contribution in [0.1, 0.15) is 9.67 Å². The first-order valence-electron chi connectivity index (χ1n) is 4.90. The normalized spacial score (nSPS) is 10.7. The fourth-order valence-electron chi connectivity index (χ4n) is 1.32. The van der Waals surface area contributed by atoms with Gasteiger partial charge in [0.15, 0.2) is 23.3 Å². The summed E-state index contributed by atoms with van der Waals surface area (Å²) in [5.41, 5.74) is -1.16. The van der Waals surface area contributed by atoms with Gasteiger partial charge in [-0.3, -0.25) is 4.79 Å². The van der Waals surface area contributed by atoms with Crippen LogP contribution in [0.5, 0.6) is 0 Å². The number of carbonyl (C=O) groups excluding carboxylic acids is 1. The lowest BCUT2D eigenvalue weighted by Gasteiger charge is -2.07. The van der Waals surface area contributed by atoms with Crippen molar-refractivity contribution >= 4 is 54.8 Å². The Labute approximate surface area is 131 Å². The Bertz CT molecular complexity index is 658. The third kappa shape index (κ3) is 2.89. The van der Waals surface area contributed by atoms with Crippen LogP contribution in [0.4, 0.5) is 23.2 Å². The zero-order valence-electron chi connectivity index (χ0n) is 9.24. The van der Waals surface area contributed by atoms with Crippen LogP contribution in [0.3, 0.4) is 0 Å². The molecule has 0 unspecified atom stereocenters. The highest BCUT2D eigenvalue weighted by atomic mass is 79.9. The fourth-order valence-corrected chi connectivity index (χ4v) is 3.25. The molecule has 20 heavy (non-hydrogen) atoms. The van der Waals surface area contributed by atoms with Crippen LogP contribution in [0.25, 0.3) is 0 Å². The third-order valence-electron chi connectivity index (χ3n) is 2.22. The van der Waals surface area contributed by atoms with Crippen LogP contribution < -0.4 is 5.32 Å². The molecule has 106 valence electrons. The third-order valence-corrected chi connectivity index (χ3v) is 5.47. The Morgan fingerprint density at radius 2 is 1.60 bits per heavy atom. The SMILES string of the molecule is O=C(Nc1c(F)c(F)cc(F)c1F)c1cc(Br)c(Br)s1. The van der Waals surface area contributed by atoms with Crippen molar-refractivity contribution in [2.45, 2.75) is 0 Å². The maximum atomic E-state index is 13.4. The first-order chi connectivity index (χ1) is 9.31. The second-order valence-electron chi connectivity index (χ2n) is 3.53. The summed E-state index contributed by atoms with van der Waals surface area (Å²) in [6, 6.07) is 1.47. The van der Waals surface area contributed by atoms with Gasteiger partial charge in [0.25, 0.3) is 5.91 Å². The molecular weight excluding hydrogens is 430 g/mol. The lowest BCUT2D eigenvalue weighted by atomic mass is 10.2. The van der Waals surface area contributed by atoms with E-state index in [0.29, 0.717) is 8.26 Å². The second kappa shape index (κ2) is 5.82. The predicted molar refractivity (Wildman–Crippen MR) is 73.9 cm³/mol. The summed E-state index contributed by atoms with van der Waals surface area (Å²) in [5, 5.41) is 1.82. The molecule has 2 rings (SSSR count). The Morgan fingerprint density at radius 3 is 2.05 bits per heavy atom. The van der Waals surface area contributed by atoms with E-state index >= 15 is 0 Å². The molecule has 0 bridgehead atoms. The van der Waals surface area contributed by atoms with Gasteiger partial charge in [-0.05, 0) is 37.9 Å². The molecule has 0 radical (unpaired) electrons. The minimum Gasteiger partial charge on any atom is -0.316 e. The van der Waals surface area contributed by atoms with Gasteiger partial charge in [-0.2, -0.15) is 0 Å². The minimum atomic E-state index is -1.66. The molecule has 0 fully saturated rings. The Kier molecular flexibility index (Phi) is 4.50. The number of rotatable bonds is 2. The van der Waals surface area contributed by atoms with Crippen molar-refractivity contribution in [3.05, 3.63) is 48.5 Å². The maximum Gasteiger partial charge on any atom is 0.265 e. The van der Waals surface area contributed by atoms with Gasteiger partial charge in [0.2, 0.25) is 0 Å². The zero-order chi connectivity index (χ0) is 15.0. The molecule has 0 aliphatic heterocycles. The number of hydrogen-bond donors (Lipinski definition) is 1. The highest BCUT2D eigenvalue weighted by molar-refractivity contribution is 9.13. The summed E-state index contributed by atoms with van der Waals surface area (Å²) in [4.78, 5) is 11.9. The van der Waals surface area contributed by atoms with Crippen LogP contribution in [0.2, 0.25) is 0 Å². The lowest BCUT2D eigenvalue weighted by Crippen LogP contribution is -2.14. The van der Waals surface area contributed by atoms with Crippen LogP contribution >= 0.6 is 43.2 Å². The first kappa shape index (κ1) is 15.5. The van der Waals surface area contributed by atoms with Crippen LogP contribution in [-0.2, 0) is 0 Å². The van der Waals surface area contributed by atoms with Gasteiger partial charge in [0.1, 0.15) is 5.69 Å². The average molecular weight is 433 g/mol. The number of anilines is 1. The molecule has 2 aromatic rings. The number of amides is 1. The highest BCUT2D eigenvalue weighted by Crippen LogP contribution is 2.33. The van der Waals surface area contributed by atoms with Crippen molar-refractivity contribution in [2.75, 3.05) is 5.32 Å². The molecule has 0 saturated heterocycles. The number of halogens is 6. The van der Waals surface area contributed by atoms with Gasteiger partial charge in [-0.15, -0.1) is 11.3 Å². The van der Waals surface area contributed by atoms with E-state index in [2.05, 4.69) is 31.9 Å². The number of carbonyl (C=O) groups is 1. The van der Waals surface area contributed by atoms with E-state index in [4.69, 9.17) is 0 Å². The van der Waals surface area contributed by atoms with Gasteiger partial charge >= 0.3 is 0 Å². The number of hydrogen-bond acceptors (Lipinski definition) is 2. The van der Waals surface area contributed by atoms with Crippen molar-refractivity contribution in [3.63, 3.8) is 0 Å². The zero-order valence-corrected chi connectivity index (χ0v) is 13.2. The molecule has 1 heterocycles. The van der Waals surface area contributed by atoms with Crippen molar-refractivity contribution in [3.8, 4) is 0 Å². The topological polar surface area (TPSA) is 29.1 Å². The van der Waals surface area contributed by atoms with Crippen LogP contribution in [0.15, 0.2) is 20.4 Å². The molecular formula is C11H3Br2F4NOS. The number of thiophene rings is 1. The van der Waals surface area contributed by atoms with E-state index in [1.807, 2.05) is 5.32 Å². The molecule has 0 aliphatic carbocycles. The summed E-state index contributed by atoms with van der Waals surface area (Å²) in [6.07, 6.45) is 0. The first-order valence-corrected chi connectivity index (χ1v) is 7.30. The van der Waals surface area contributed by atoms with E-state index in [1.165, 1.54) is 6.07 Å². The molecule has 1 aromatic heterocycles. The Balaban J connectivity index is 2.37. The van der Waals surface area contributed by atoms with Gasteiger partial charge in [0.05, 0.1) is 8.66 Å². The molecule has 1 aromatic carbocycles. The van der Waals surface area contributed by atoms with E-state index < -0.39 is 34.9 Å². The monoisotopic (exact) mass is 431 g/mol. The van der Waals surface area contributed by atoms with Crippen molar-refractivity contribution < 1.29 is 22.4 Å². The van der Waals surface area contributed by atoms with Crippen LogP contribution in [0, 0.1) is 23.3 Å². The minimum absolute atomic E-state index is 0.0681. The van der Waals surface area contributed by atoms with Gasteiger partial charge in [-0.25, -0.2) is 17.6 Å². The largest absolute Gasteiger partial charge is 0.316 e. The maximum absolute atomic E-state index is 13.4. The molecule has 2 nitrogen and oxygen atoms in total. The summed E-state index contributed by atoms with van der Waals surface area (Å²) in [7, 11) is 0. The Hall–Kier alpha value is -0.930. The summed E-state index contributed by atoms with van der Waals surface area (Å²) < 4.78 is 53.9.